The number of anilines is 3. The fraction of sp³-hybridized carbons (Fsp3) is 0.455. The smallest absolute Gasteiger partial charge is 0.332 e. The predicted molar refractivity (Wildman–Crippen MR) is 139 cm³/mol. The van der Waals surface area contributed by atoms with Gasteiger partial charge in [-0.1, -0.05) is 17.7 Å². The van der Waals surface area contributed by atoms with E-state index in [1.165, 1.54) is 17.3 Å². The second-order valence-electron chi connectivity index (χ2n) is 8.74. The number of piperazine rings is 1. The minimum Gasteiger partial charge on any atom is -0.370 e. The van der Waals surface area contributed by atoms with E-state index in [2.05, 4.69) is 47.7 Å². The lowest BCUT2D eigenvalue weighted by Gasteiger charge is -2.37. The van der Waals surface area contributed by atoms with Crippen LogP contribution in [0.2, 0.25) is 5.02 Å². The maximum absolute atomic E-state index is 12.7. The Bertz CT molecular complexity index is 1250. The molecule has 3 aliphatic heterocycles. The quantitative estimate of drug-likeness (QED) is 0.504. The second kappa shape index (κ2) is 9.20. The maximum Gasteiger partial charge on any atom is 0.332 e. The molecule has 0 radical (unpaired) electrons. The predicted octanol–water partition coefficient (Wildman–Crippen LogP) is 0.832. The van der Waals surface area contributed by atoms with Crippen molar-refractivity contribution in [3.05, 3.63) is 60.4 Å². The number of aromatic nitrogens is 2. The van der Waals surface area contributed by atoms with Crippen LogP contribution in [0.1, 0.15) is 0 Å². The zero-order chi connectivity index (χ0) is 24.0. The molecule has 12 heteroatoms. The third kappa shape index (κ3) is 4.16. The average molecular weight is 552 g/mol. The van der Waals surface area contributed by atoms with Crippen molar-refractivity contribution in [2.45, 2.75) is 6.29 Å². The standard InChI is InChI=1S/C22H28BrClN8O2/c1-28-19-17(20(33)29(2)22(28)34)32-13-16(23)18(26-21(32)27-19)25-6-7-30-8-10-31(11-9-30)15-5-3-4-14(24)12-15/h3-5,12,21,25-27H,6-11,13H2,1-2H3. The van der Waals surface area contributed by atoms with E-state index in [9.17, 15) is 9.59 Å². The SMILES string of the molecule is Cn1c2c(c(=O)n(C)c1=O)N1CC(Br)=C(NCCN3CCN(c4cccc(Cl)c4)CC3)NC1N2. The molecule has 1 aromatic carbocycles. The van der Waals surface area contributed by atoms with Crippen LogP contribution in [0, 0.1) is 0 Å². The Balaban J connectivity index is 1.16. The van der Waals surface area contributed by atoms with Crippen molar-refractivity contribution in [2.24, 2.45) is 14.1 Å². The first-order chi connectivity index (χ1) is 16.3. The summed E-state index contributed by atoms with van der Waals surface area (Å²) >= 11 is 9.80. The Morgan fingerprint density at radius 3 is 2.62 bits per heavy atom. The van der Waals surface area contributed by atoms with Gasteiger partial charge in [0.2, 0.25) is 0 Å². The fourth-order valence-electron chi connectivity index (χ4n) is 4.70. The van der Waals surface area contributed by atoms with Gasteiger partial charge in [0.05, 0.1) is 11.0 Å². The van der Waals surface area contributed by atoms with Gasteiger partial charge in [-0.25, -0.2) is 4.79 Å². The summed E-state index contributed by atoms with van der Waals surface area (Å²) < 4.78 is 3.54. The normalized spacial score (nSPS) is 20.1. The number of benzene rings is 1. The molecule has 0 aliphatic carbocycles. The Morgan fingerprint density at radius 1 is 1.12 bits per heavy atom. The second-order valence-corrected chi connectivity index (χ2v) is 10.1. The number of nitrogens with one attached hydrogen (secondary N) is 3. The molecule has 3 N–H and O–H groups in total. The summed E-state index contributed by atoms with van der Waals surface area (Å²) in [6.07, 6.45) is -0.305. The summed E-state index contributed by atoms with van der Waals surface area (Å²) in [6, 6.07) is 8.02. The number of halogens is 2. The Hall–Kier alpha value is -2.63. The number of fused-ring (bicyclic) bond motifs is 3. The number of nitrogens with zero attached hydrogens (tertiary/aromatic N) is 5. The van der Waals surface area contributed by atoms with Crippen molar-refractivity contribution in [1.82, 2.24) is 24.7 Å². The molecule has 0 amide bonds. The lowest BCUT2D eigenvalue weighted by molar-refractivity contribution is 0.259. The van der Waals surface area contributed by atoms with Crippen molar-refractivity contribution >= 4 is 44.7 Å². The van der Waals surface area contributed by atoms with Gasteiger partial charge in [-0.05, 0) is 34.1 Å². The molecule has 1 fully saturated rings. The van der Waals surface area contributed by atoms with Crippen LogP contribution in [0.4, 0.5) is 17.2 Å². The van der Waals surface area contributed by atoms with Gasteiger partial charge in [0, 0.05) is 64.1 Å². The van der Waals surface area contributed by atoms with E-state index in [1.54, 1.807) is 7.05 Å². The van der Waals surface area contributed by atoms with Gasteiger partial charge in [0.25, 0.3) is 5.56 Å². The molecule has 5 rings (SSSR count). The largest absolute Gasteiger partial charge is 0.370 e. The first-order valence-corrected chi connectivity index (χ1v) is 12.5. The van der Waals surface area contributed by atoms with Crippen molar-refractivity contribution in [2.75, 3.05) is 60.9 Å². The van der Waals surface area contributed by atoms with Crippen LogP contribution in [-0.2, 0) is 14.1 Å². The Morgan fingerprint density at radius 2 is 1.88 bits per heavy atom. The third-order valence-electron chi connectivity index (χ3n) is 6.65. The van der Waals surface area contributed by atoms with Gasteiger partial charge in [0.1, 0.15) is 17.3 Å². The molecule has 34 heavy (non-hydrogen) atoms. The molecule has 1 atom stereocenters. The average Bonchev–Trinajstić information content (AvgIpc) is 3.20. The summed E-state index contributed by atoms with van der Waals surface area (Å²) in [5, 5.41) is 10.9. The van der Waals surface area contributed by atoms with E-state index in [0.717, 1.165) is 59.2 Å². The van der Waals surface area contributed by atoms with Gasteiger partial charge in [-0.2, -0.15) is 0 Å². The summed E-state index contributed by atoms with van der Waals surface area (Å²) in [4.78, 5) is 31.8. The zero-order valence-corrected chi connectivity index (χ0v) is 21.5. The minimum atomic E-state index is -0.350. The van der Waals surface area contributed by atoms with E-state index in [0.29, 0.717) is 18.1 Å². The van der Waals surface area contributed by atoms with Crippen LogP contribution >= 0.6 is 27.5 Å². The Kier molecular flexibility index (Phi) is 6.26. The van der Waals surface area contributed by atoms with Crippen molar-refractivity contribution in [3.8, 4) is 0 Å². The highest BCUT2D eigenvalue weighted by Gasteiger charge is 2.38. The van der Waals surface area contributed by atoms with E-state index >= 15 is 0 Å². The lowest BCUT2D eigenvalue weighted by Crippen LogP contribution is -2.55. The van der Waals surface area contributed by atoms with Crippen molar-refractivity contribution < 1.29 is 0 Å². The van der Waals surface area contributed by atoms with E-state index < -0.39 is 0 Å². The molecule has 4 heterocycles. The van der Waals surface area contributed by atoms with Gasteiger partial charge in [0.15, 0.2) is 6.29 Å². The van der Waals surface area contributed by atoms with Crippen LogP contribution in [-0.4, -0.2) is 66.1 Å². The molecule has 0 bridgehead atoms. The van der Waals surface area contributed by atoms with Crippen LogP contribution in [0.3, 0.4) is 0 Å². The highest BCUT2D eigenvalue weighted by Crippen LogP contribution is 2.33. The van der Waals surface area contributed by atoms with Crippen LogP contribution in [0.25, 0.3) is 0 Å². The van der Waals surface area contributed by atoms with Gasteiger partial charge in [-0.15, -0.1) is 0 Å². The minimum absolute atomic E-state index is 0.302. The highest BCUT2D eigenvalue weighted by atomic mass is 79.9. The fourth-order valence-corrected chi connectivity index (χ4v) is 5.41. The van der Waals surface area contributed by atoms with E-state index in [4.69, 9.17) is 11.6 Å². The molecule has 0 spiro atoms. The number of hydrogen-bond acceptors (Lipinski definition) is 8. The topological polar surface area (TPSA) is 89.8 Å². The summed E-state index contributed by atoms with van der Waals surface area (Å²) in [7, 11) is 3.17. The maximum atomic E-state index is 12.7. The highest BCUT2D eigenvalue weighted by molar-refractivity contribution is 9.11. The molecule has 2 aromatic rings. The monoisotopic (exact) mass is 550 g/mol. The molecule has 0 saturated carbocycles. The summed E-state index contributed by atoms with van der Waals surface area (Å²) in [6.45, 7) is 6.15. The first kappa shape index (κ1) is 23.1. The molecule has 182 valence electrons. The first-order valence-electron chi connectivity index (χ1n) is 11.3. The number of hydrogen-bond donors (Lipinski definition) is 3. The van der Waals surface area contributed by atoms with Gasteiger partial charge < -0.3 is 25.8 Å². The Labute approximate surface area is 210 Å². The third-order valence-corrected chi connectivity index (χ3v) is 7.53. The molecule has 1 unspecified atom stereocenters. The van der Waals surface area contributed by atoms with Crippen LogP contribution in [0.5, 0.6) is 0 Å². The molecule has 1 aromatic heterocycles. The van der Waals surface area contributed by atoms with Crippen molar-refractivity contribution in [1.29, 1.82) is 0 Å². The molecule has 10 nitrogen and oxygen atoms in total. The van der Waals surface area contributed by atoms with Crippen LogP contribution in [0.15, 0.2) is 44.2 Å². The molecular formula is C22H28BrClN8O2. The van der Waals surface area contributed by atoms with Crippen molar-refractivity contribution in [3.63, 3.8) is 0 Å². The molecule has 3 aliphatic rings. The van der Waals surface area contributed by atoms with Gasteiger partial charge >= 0.3 is 5.69 Å². The van der Waals surface area contributed by atoms with E-state index in [-0.39, 0.29) is 17.5 Å². The summed E-state index contributed by atoms with van der Waals surface area (Å²) in [5.74, 6) is 1.42. The molecule has 1 saturated heterocycles. The lowest BCUT2D eigenvalue weighted by atomic mass is 10.2. The molecular weight excluding hydrogens is 524 g/mol. The number of rotatable bonds is 5. The van der Waals surface area contributed by atoms with Crippen LogP contribution < -0.4 is 37.0 Å². The van der Waals surface area contributed by atoms with Gasteiger partial charge in [-0.3, -0.25) is 18.8 Å². The van der Waals surface area contributed by atoms with E-state index in [1.807, 2.05) is 23.1 Å². The summed E-state index contributed by atoms with van der Waals surface area (Å²) in [5.41, 5.74) is 1.02. The zero-order valence-electron chi connectivity index (χ0n) is 19.1.